The predicted octanol–water partition coefficient (Wildman–Crippen LogP) is 2.09. The quantitative estimate of drug-likeness (QED) is 0.428. The minimum absolute atomic E-state index is 0.0694. The highest BCUT2D eigenvalue weighted by molar-refractivity contribution is 5.60. The van der Waals surface area contributed by atoms with E-state index in [4.69, 9.17) is 14.2 Å². The lowest BCUT2D eigenvalue weighted by Crippen LogP contribution is -2.14. The van der Waals surface area contributed by atoms with Gasteiger partial charge in [0, 0.05) is 6.42 Å². The van der Waals surface area contributed by atoms with Crippen molar-refractivity contribution in [3.8, 4) is 11.8 Å². The standard InChI is InChI=1S/C13H20O5/c1-3-15-13(14)18-11(2)7-5-4-6-8-12-16-9-10-17-12/h11-12H,3-4,6,8-10H2,1-2H3. The smallest absolute Gasteiger partial charge is 0.435 e. The van der Waals surface area contributed by atoms with E-state index in [1.54, 1.807) is 13.8 Å². The van der Waals surface area contributed by atoms with E-state index in [1.165, 1.54) is 0 Å². The van der Waals surface area contributed by atoms with Gasteiger partial charge in [-0.05, 0) is 26.7 Å². The Balaban J connectivity index is 2.06. The molecule has 18 heavy (non-hydrogen) atoms. The van der Waals surface area contributed by atoms with E-state index < -0.39 is 12.3 Å². The lowest BCUT2D eigenvalue weighted by Gasteiger charge is -2.07. The molecule has 1 rings (SSSR count). The number of hydrogen-bond donors (Lipinski definition) is 0. The molecule has 0 aromatic heterocycles. The molecule has 1 saturated heterocycles. The van der Waals surface area contributed by atoms with Crippen LogP contribution in [0.1, 0.15) is 33.1 Å². The van der Waals surface area contributed by atoms with Gasteiger partial charge in [0.25, 0.3) is 0 Å². The molecule has 0 amide bonds. The Labute approximate surface area is 108 Å². The molecule has 5 nitrogen and oxygen atoms in total. The fourth-order valence-electron chi connectivity index (χ4n) is 1.47. The van der Waals surface area contributed by atoms with Gasteiger partial charge in [-0.25, -0.2) is 4.79 Å². The summed E-state index contributed by atoms with van der Waals surface area (Å²) in [5.74, 6) is 5.81. The second-order valence-electron chi connectivity index (χ2n) is 3.83. The van der Waals surface area contributed by atoms with E-state index in [9.17, 15) is 4.79 Å². The zero-order chi connectivity index (χ0) is 13.2. The molecular formula is C13H20O5. The van der Waals surface area contributed by atoms with Gasteiger partial charge in [-0.2, -0.15) is 0 Å². The number of rotatable bonds is 5. The average Bonchev–Trinajstić information content (AvgIpc) is 2.81. The molecule has 1 aliphatic heterocycles. The highest BCUT2D eigenvalue weighted by atomic mass is 16.7. The van der Waals surface area contributed by atoms with Crippen LogP contribution in [0.4, 0.5) is 4.79 Å². The molecule has 0 bridgehead atoms. The molecular weight excluding hydrogens is 236 g/mol. The summed E-state index contributed by atoms with van der Waals surface area (Å²) in [5, 5.41) is 0. The van der Waals surface area contributed by atoms with Gasteiger partial charge in [0.1, 0.15) is 0 Å². The first kappa shape index (κ1) is 14.8. The molecule has 1 aliphatic rings. The molecule has 0 saturated carbocycles. The molecule has 0 aliphatic carbocycles. The lowest BCUT2D eigenvalue weighted by atomic mass is 10.2. The van der Waals surface area contributed by atoms with Crippen LogP contribution in [0.5, 0.6) is 0 Å². The molecule has 0 N–H and O–H groups in total. The van der Waals surface area contributed by atoms with E-state index in [0.29, 0.717) is 19.8 Å². The van der Waals surface area contributed by atoms with Crippen LogP contribution in [0.2, 0.25) is 0 Å². The molecule has 1 fully saturated rings. The molecule has 0 aromatic rings. The number of unbranched alkanes of at least 4 members (excludes halogenated alkanes) is 1. The minimum Gasteiger partial charge on any atom is -0.435 e. The molecule has 102 valence electrons. The number of carbonyl (C=O) groups is 1. The lowest BCUT2D eigenvalue weighted by molar-refractivity contribution is -0.0474. The van der Waals surface area contributed by atoms with Crippen molar-refractivity contribution in [3.63, 3.8) is 0 Å². The van der Waals surface area contributed by atoms with Crippen molar-refractivity contribution < 1.29 is 23.7 Å². The second-order valence-corrected chi connectivity index (χ2v) is 3.83. The van der Waals surface area contributed by atoms with Gasteiger partial charge in [0.05, 0.1) is 19.8 Å². The monoisotopic (exact) mass is 256 g/mol. The Morgan fingerprint density at radius 1 is 1.44 bits per heavy atom. The molecule has 0 spiro atoms. The van der Waals surface area contributed by atoms with Crippen molar-refractivity contribution in [3.05, 3.63) is 0 Å². The minimum atomic E-state index is -0.674. The van der Waals surface area contributed by atoms with Gasteiger partial charge in [-0.15, -0.1) is 0 Å². The van der Waals surface area contributed by atoms with Gasteiger partial charge in [-0.1, -0.05) is 11.8 Å². The van der Waals surface area contributed by atoms with Crippen molar-refractivity contribution in [1.82, 2.24) is 0 Å². The van der Waals surface area contributed by atoms with Crippen LogP contribution < -0.4 is 0 Å². The van der Waals surface area contributed by atoms with E-state index in [0.717, 1.165) is 19.3 Å². The summed E-state index contributed by atoms with van der Waals surface area (Å²) in [6.45, 7) is 5.11. The van der Waals surface area contributed by atoms with Crippen LogP contribution in [0.15, 0.2) is 0 Å². The van der Waals surface area contributed by atoms with E-state index in [-0.39, 0.29) is 6.29 Å². The van der Waals surface area contributed by atoms with Crippen LogP contribution in [-0.2, 0) is 18.9 Å². The van der Waals surface area contributed by atoms with Crippen LogP contribution in [-0.4, -0.2) is 38.4 Å². The Hall–Kier alpha value is -1.25. The molecule has 0 radical (unpaired) electrons. The van der Waals surface area contributed by atoms with Gasteiger partial charge in [-0.3, -0.25) is 0 Å². The van der Waals surface area contributed by atoms with Crippen molar-refractivity contribution in [2.24, 2.45) is 0 Å². The van der Waals surface area contributed by atoms with Crippen molar-refractivity contribution in [2.75, 3.05) is 19.8 Å². The van der Waals surface area contributed by atoms with Crippen molar-refractivity contribution >= 4 is 6.16 Å². The highest BCUT2D eigenvalue weighted by Crippen LogP contribution is 2.10. The number of hydrogen-bond acceptors (Lipinski definition) is 5. The second kappa shape index (κ2) is 8.78. The third-order valence-corrected chi connectivity index (χ3v) is 2.27. The Morgan fingerprint density at radius 2 is 2.17 bits per heavy atom. The molecule has 5 heteroatoms. The van der Waals surface area contributed by atoms with Gasteiger partial charge < -0.3 is 18.9 Å². The first-order valence-electron chi connectivity index (χ1n) is 6.27. The first-order chi connectivity index (χ1) is 8.72. The van der Waals surface area contributed by atoms with Crippen molar-refractivity contribution in [1.29, 1.82) is 0 Å². The molecule has 1 heterocycles. The van der Waals surface area contributed by atoms with E-state index >= 15 is 0 Å². The van der Waals surface area contributed by atoms with Crippen LogP contribution in [0.3, 0.4) is 0 Å². The maximum atomic E-state index is 11.0. The Kier molecular flexibility index (Phi) is 7.23. The summed E-state index contributed by atoms with van der Waals surface area (Å²) in [6.07, 6.45) is 1.31. The zero-order valence-electron chi connectivity index (χ0n) is 10.9. The molecule has 1 atom stereocenters. The SMILES string of the molecule is CCOC(=O)OC(C)C#CCCCC1OCCO1. The maximum absolute atomic E-state index is 11.0. The summed E-state index contributed by atoms with van der Waals surface area (Å²) in [7, 11) is 0. The molecule has 0 aromatic carbocycles. The fourth-order valence-corrected chi connectivity index (χ4v) is 1.47. The maximum Gasteiger partial charge on any atom is 0.509 e. The van der Waals surface area contributed by atoms with Crippen molar-refractivity contribution in [2.45, 2.75) is 45.5 Å². The topological polar surface area (TPSA) is 54.0 Å². The normalized spacial score (nSPS) is 16.8. The first-order valence-corrected chi connectivity index (χ1v) is 6.27. The summed E-state index contributed by atoms with van der Waals surface area (Å²) in [4.78, 5) is 11.0. The van der Waals surface area contributed by atoms with E-state index in [1.807, 2.05) is 0 Å². The van der Waals surface area contributed by atoms with Crippen LogP contribution >= 0.6 is 0 Å². The summed E-state index contributed by atoms with van der Waals surface area (Å²) < 4.78 is 20.1. The van der Waals surface area contributed by atoms with Crippen LogP contribution in [0, 0.1) is 11.8 Å². The average molecular weight is 256 g/mol. The largest absolute Gasteiger partial charge is 0.509 e. The fraction of sp³-hybridized carbons (Fsp3) is 0.769. The third kappa shape index (κ3) is 6.48. The van der Waals surface area contributed by atoms with Gasteiger partial charge in [0.15, 0.2) is 12.4 Å². The summed E-state index contributed by atoms with van der Waals surface area (Å²) >= 11 is 0. The summed E-state index contributed by atoms with van der Waals surface area (Å²) in [6, 6.07) is 0. The molecule has 1 unspecified atom stereocenters. The Morgan fingerprint density at radius 3 is 2.83 bits per heavy atom. The highest BCUT2D eigenvalue weighted by Gasteiger charge is 2.14. The zero-order valence-corrected chi connectivity index (χ0v) is 10.9. The number of carbonyl (C=O) groups excluding carboxylic acids is 1. The van der Waals surface area contributed by atoms with Crippen LogP contribution in [0.25, 0.3) is 0 Å². The number of ether oxygens (including phenoxy) is 4. The van der Waals surface area contributed by atoms with E-state index in [2.05, 4.69) is 16.6 Å². The summed E-state index contributed by atoms with van der Waals surface area (Å²) in [5.41, 5.74) is 0. The van der Waals surface area contributed by atoms with Gasteiger partial charge in [0.2, 0.25) is 0 Å². The predicted molar refractivity (Wildman–Crippen MR) is 64.9 cm³/mol. The van der Waals surface area contributed by atoms with Gasteiger partial charge >= 0.3 is 6.16 Å². The Bertz CT molecular complexity index is 298. The third-order valence-electron chi connectivity index (χ3n) is 2.27.